The number of hydrogen-bond donors (Lipinski definition) is 2. The number of benzene rings is 1. The number of nitrogens with two attached hydrogens (primary N) is 1. The number of aliphatic carboxylic acids is 1. The third-order valence-electron chi connectivity index (χ3n) is 4.18. The largest absolute Gasteiger partial charge is 0.480 e. The molecule has 4 nitrogen and oxygen atoms in total. The minimum atomic E-state index is -0.976. The highest BCUT2D eigenvalue weighted by Gasteiger charge is 2.49. The SMILES string of the molecule is Cc1ccc(C2(C(N)C(=O)O)COC2)c(C)c1C. The van der Waals surface area contributed by atoms with Gasteiger partial charge in [-0.25, -0.2) is 0 Å². The Kier molecular flexibility index (Phi) is 3.17. The first-order valence-corrected chi connectivity index (χ1v) is 6.03. The van der Waals surface area contributed by atoms with E-state index in [1.54, 1.807) is 0 Å². The molecule has 0 spiro atoms. The summed E-state index contributed by atoms with van der Waals surface area (Å²) in [5, 5.41) is 9.18. The van der Waals surface area contributed by atoms with Gasteiger partial charge in [0.15, 0.2) is 0 Å². The average Bonchev–Trinajstić information content (AvgIpc) is 2.27. The fourth-order valence-electron chi connectivity index (χ4n) is 2.56. The highest BCUT2D eigenvalue weighted by Crippen LogP contribution is 2.38. The number of rotatable bonds is 3. The van der Waals surface area contributed by atoms with Crippen molar-refractivity contribution in [2.24, 2.45) is 5.73 Å². The first kappa shape index (κ1) is 13.1. The fraction of sp³-hybridized carbons (Fsp3) is 0.500. The molecule has 0 saturated carbocycles. The van der Waals surface area contributed by atoms with Crippen LogP contribution in [0.3, 0.4) is 0 Å². The van der Waals surface area contributed by atoms with E-state index in [0.29, 0.717) is 13.2 Å². The molecule has 0 aliphatic carbocycles. The van der Waals surface area contributed by atoms with Crippen molar-refractivity contribution in [3.8, 4) is 0 Å². The van der Waals surface area contributed by atoms with Crippen molar-refractivity contribution in [2.75, 3.05) is 13.2 Å². The van der Waals surface area contributed by atoms with Gasteiger partial charge < -0.3 is 15.6 Å². The van der Waals surface area contributed by atoms with Crippen LogP contribution in [0.4, 0.5) is 0 Å². The molecular weight excluding hydrogens is 230 g/mol. The maximum absolute atomic E-state index is 11.2. The molecule has 1 aromatic carbocycles. The van der Waals surface area contributed by atoms with Crippen LogP contribution in [-0.2, 0) is 14.9 Å². The molecule has 1 aliphatic heterocycles. The molecule has 98 valence electrons. The van der Waals surface area contributed by atoms with Crippen LogP contribution in [0.25, 0.3) is 0 Å². The van der Waals surface area contributed by atoms with Crippen molar-refractivity contribution < 1.29 is 14.6 Å². The van der Waals surface area contributed by atoms with E-state index in [4.69, 9.17) is 10.5 Å². The van der Waals surface area contributed by atoms with Gasteiger partial charge in [-0.1, -0.05) is 12.1 Å². The first-order chi connectivity index (χ1) is 8.40. The molecular formula is C14H19NO3. The fourth-order valence-corrected chi connectivity index (χ4v) is 2.56. The standard InChI is InChI=1S/C14H19NO3/c1-8-4-5-11(10(3)9(8)2)14(6-18-7-14)12(15)13(16)17/h4-5,12H,6-7,15H2,1-3H3,(H,16,17). The van der Waals surface area contributed by atoms with E-state index in [1.165, 1.54) is 11.1 Å². The Morgan fingerprint density at radius 2 is 1.94 bits per heavy atom. The lowest BCUT2D eigenvalue weighted by Gasteiger charge is -2.45. The molecule has 1 heterocycles. The van der Waals surface area contributed by atoms with Gasteiger partial charge >= 0.3 is 5.97 Å². The number of carboxylic acid groups (broad SMARTS) is 1. The smallest absolute Gasteiger partial charge is 0.321 e. The van der Waals surface area contributed by atoms with Gasteiger partial charge in [-0.15, -0.1) is 0 Å². The van der Waals surface area contributed by atoms with Crippen molar-refractivity contribution in [2.45, 2.75) is 32.2 Å². The molecule has 1 unspecified atom stereocenters. The molecule has 1 fully saturated rings. The van der Waals surface area contributed by atoms with Gasteiger partial charge in [-0.3, -0.25) is 4.79 Å². The van der Waals surface area contributed by atoms with Gasteiger partial charge in [0.1, 0.15) is 6.04 Å². The number of carbonyl (C=O) groups is 1. The van der Waals surface area contributed by atoms with Crippen molar-refractivity contribution in [1.29, 1.82) is 0 Å². The summed E-state index contributed by atoms with van der Waals surface area (Å²) in [5.41, 5.74) is 9.81. The molecule has 1 aliphatic rings. The topological polar surface area (TPSA) is 72.6 Å². The minimum absolute atomic E-state index is 0.379. The molecule has 18 heavy (non-hydrogen) atoms. The van der Waals surface area contributed by atoms with Crippen LogP contribution >= 0.6 is 0 Å². The first-order valence-electron chi connectivity index (χ1n) is 6.03. The van der Waals surface area contributed by atoms with E-state index < -0.39 is 17.4 Å². The summed E-state index contributed by atoms with van der Waals surface area (Å²) >= 11 is 0. The van der Waals surface area contributed by atoms with Crippen LogP contribution in [-0.4, -0.2) is 30.3 Å². The van der Waals surface area contributed by atoms with Crippen molar-refractivity contribution in [3.63, 3.8) is 0 Å². The van der Waals surface area contributed by atoms with Crippen molar-refractivity contribution in [1.82, 2.24) is 0 Å². The highest BCUT2D eigenvalue weighted by atomic mass is 16.5. The van der Waals surface area contributed by atoms with Gasteiger partial charge in [0.2, 0.25) is 0 Å². The lowest BCUT2D eigenvalue weighted by atomic mass is 9.70. The molecule has 0 amide bonds. The Bertz CT molecular complexity index is 492. The maximum atomic E-state index is 11.2. The summed E-state index contributed by atoms with van der Waals surface area (Å²) in [5.74, 6) is -0.976. The summed E-state index contributed by atoms with van der Waals surface area (Å²) in [6.07, 6.45) is 0. The number of ether oxygens (including phenoxy) is 1. The second kappa shape index (κ2) is 4.37. The molecule has 0 aromatic heterocycles. The van der Waals surface area contributed by atoms with Gasteiger partial charge in [0, 0.05) is 0 Å². The lowest BCUT2D eigenvalue weighted by molar-refractivity contribution is -0.148. The Balaban J connectivity index is 2.52. The molecule has 3 N–H and O–H groups in total. The van der Waals surface area contributed by atoms with Crippen molar-refractivity contribution in [3.05, 3.63) is 34.4 Å². The van der Waals surface area contributed by atoms with E-state index in [-0.39, 0.29) is 0 Å². The summed E-state index contributed by atoms with van der Waals surface area (Å²) in [7, 11) is 0. The van der Waals surface area contributed by atoms with Crippen LogP contribution < -0.4 is 5.73 Å². The summed E-state index contributed by atoms with van der Waals surface area (Å²) < 4.78 is 5.25. The van der Waals surface area contributed by atoms with Gasteiger partial charge in [-0.05, 0) is 43.0 Å². The Morgan fingerprint density at radius 1 is 1.33 bits per heavy atom. The van der Waals surface area contributed by atoms with Crippen LogP contribution in [0.1, 0.15) is 22.3 Å². The Morgan fingerprint density at radius 3 is 2.39 bits per heavy atom. The van der Waals surface area contributed by atoms with E-state index in [9.17, 15) is 9.90 Å². The summed E-state index contributed by atoms with van der Waals surface area (Å²) in [6.45, 7) is 6.88. The molecule has 2 rings (SSSR count). The third-order valence-corrected chi connectivity index (χ3v) is 4.18. The number of carboxylic acids is 1. The molecule has 0 radical (unpaired) electrons. The van der Waals surface area contributed by atoms with Crippen LogP contribution in [0.15, 0.2) is 12.1 Å². The van der Waals surface area contributed by atoms with E-state index >= 15 is 0 Å². The van der Waals surface area contributed by atoms with Crippen molar-refractivity contribution >= 4 is 5.97 Å². The quantitative estimate of drug-likeness (QED) is 0.846. The minimum Gasteiger partial charge on any atom is -0.480 e. The normalized spacial score (nSPS) is 19.1. The van der Waals surface area contributed by atoms with Crippen LogP contribution in [0.2, 0.25) is 0 Å². The maximum Gasteiger partial charge on any atom is 0.321 e. The van der Waals surface area contributed by atoms with Crippen LogP contribution in [0.5, 0.6) is 0 Å². The van der Waals surface area contributed by atoms with Gasteiger partial charge in [-0.2, -0.15) is 0 Å². The van der Waals surface area contributed by atoms with Gasteiger partial charge in [0.05, 0.1) is 18.6 Å². The monoisotopic (exact) mass is 249 g/mol. The van der Waals surface area contributed by atoms with E-state index in [1.807, 2.05) is 32.9 Å². The third kappa shape index (κ3) is 1.72. The molecule has 1 aromatic rings. The highest BCUT2D eigenvalue weighted by molar-refractivity contribution is 5.76. The second-order valence-electron chi connectivity index (χ2n) is 5.14. The Labute approximate surface area is 107 Å². The average molecular weight is 249 g/mol. The van der Waals surface area contributed by atoms with E-state index in [2.05, 4.69) is 0 Å². The number of hydrogen-bond acceptors (Lipinski definition) is 3. The predicted octanol–water partition coefficient (Wildman–Crippen LogP) is 1.29. The Hall–Kier alpha value is -1.39. The molecule has 1 atom stereocenters. The zero-order chi connectivity index (χ0) is 13.5. The molecule has 1 saturated heterocycles. The predicted molar refractivity (Wildman–Crippen MR) is 68.8 cm³/mol. The van der Waals surface area contributed by atoms with Crippen LogP contribution in [0, 0.1) is 20.8 Å². The zero-order valence-corrected chi connectivity index (χ0v) is 11.0. The second-order valence-corrected chi connectivity index (χ2v) is 5.14. The summed E-state index contributed by atoms with van der Waals surface area (Å²) in [4.78, 5) is 11.2. The van der Waals surface area contributed by atoms with E-state index in [0.717, 1.165) is 11.1 Å². The molecule has 0 bridgehead atoms. The molecule has 4 heteroatoms. The van der Waals surface area contributed by atoms with Gasteiger partial charge in [0.25, 0.3) is 0 Å². The summed E-state index contributed by atoms with van der Waals surface area (Å²) in [6, 6.07) is 3.09. The zero-order valence-electron chi connectivity index (χ0n) is 11.0. The lowest BCUT2D eigenvalue weighted by Crippen LogP contribution is -2.62. The number of aryl methyl sites for hydroxylation is 1.